The minimum atomic E-state index is -0.628. The Morgan fingerprint density at radius 2 is 1.80 bits per heavy atom. The van der Waals surface area contributed by atoms with E-state index in [-0.39, 0.29) is 36.3 Å². The van der Waals surface area contributed by atoms with Gasteiger partial charge in [-0.2, -0.15) is 0 Å². The largest absolute Gasteiger partial charge is 0.483 e. The van der Waals surface area contributed by atoms with Gasteiger partial charge in [-0.1, -0.05) is 35.3 Å². The predicted molar refractivity (Wildman–Crippen MR) is 91.5 cm³/mol. The van der Waals surface area contributed by atoms with E-state index in [0.29, 0.717) is 10.8 Å². The molecule has 0 N–H and O–H groups in total. The van der Waals surface area contributed by atoms with E-state index in [1.54, 1.807) is 12.1 Å². The molecule has 0 aliphatic heterocycles. The fourth-order valence-corrected chi connectivity index (χ4v) is 2.27. The molecule has 0 radical (unpaired) electrons. The summed E-state index contributed by atoms with van der Waals surface area (Å²) in [4.78, 5) is 21.9. The molecule has 0 atom stereocenters. The van der Waals surface area contributed by atoms with Gasteiger partial charge < -0.3 is 14.2 Å². The van der Waals surface area contributed by atoms with Gasteiger partial charge in [-0.15, -0.1) is 0 Å². The zero-order chi connectivity index (χ0) is 18.2. The quantitative estimate of drug-likeness (QED) is 0.296. The zero-order valence-corrected chi connectivity index (χ0v) is 14.3. The zero-order valence-electron chi connectivity index (χ0n) is 12.8. The van der Waals surface area contributed by atoms with E-state index in [0.717, 1.165) is 0 Å². The summed E-state index contributed by atoms with van der Waals surface area (Å²) in [5.41, 5.74) is -0.158. The number of hydrogen-bond donors (Lipinski definition) is 0. The molecule has 9 heteroatoms. The first kappa shape index (κ1) is 18.8. The maximum atomic E-state index is 11.6. The first-order chi connectivity index (χ1) is 12.0. The van der Waals surface area contributed by atoms with Crippen molar-refractivity contribution in [1.29, 1.82) is 0 Å². The average molecular weight is 386 g/mol. The van der Waals surface area contributed by atoms with Gasteiger partial charge in [0, 0.05) is 11.1 Å². The van der Waals surface area contributed by atoms with Crippen LogP contribution in [-0.4, -0.2) is 30.7 Å². The SMILES string of the molecule is O=C(COc1ccc(Cl)cc1Cl)OCCOc1ccccc1[N+](=O)[O-]. The first-order valence-electron chi connectivity index (χ1n) is 7.07. The number of esters is 1. The molecule has 0 heterocycles. The highest BCUT2D eigenvalue weighted by Crippen LogP contribution is 2.27. The van der Waals surface area contributed by atoms with Crippen molar-refractivity contribution in [1.82, 2.24) is 0 Å². The number of para-hydroxylation sites is 2. The maximum Gasteiger partial charge on any atom is 0.344 e. The van der Waals surface area contributed by atoms with E-state index in [4.69, 9.17) is 37.4 Å². The smallest absolute Gasteiger partial charge is 0.344 e. The van der Waals surface area contributed by atoms with E-state index >= 15 is 0 Å². The molecule has 7 nitrogen and oxygen atoms in total. The van der Waals surface area contributed by atoms with Crippen LogP contribution in [0, 0.1) is 10.1 Å². The molecule has 2 rings (SSSR count). The van der Waals surface area contributed by atoms with Gasteiger partial charge in [0.1, 0.15) is 19.0 Å². The number of ether oxygens (including phenoxy) is 3. The Labute approximate surface area is 153 Å². The standard InChI is InChI=1S/C16H13Cl2NO6/c17-11-5-6-14(12(18)9-11)25-10-16(20)24-8-7-23-15-4-2-1-3-13(15)19(21)22/h1-6,9H,7-8,10H2. The Balaban J connectivity index is 1.73. The number of nitrogens with zero attached hydrogens (tertiary/aromatic N) is 1. The van der Waals surface area contributed by atoms with Crippen LogP contribution in [0.4, 0.5) is 5.69 Å². The van der Waals surface area contributed by atoms with Crippen LogP contribution < -0.4 is 9.47 Å². The van der Waals surface area contributed by atoms with Crippen LogP contribution >= 0.6 is 23.2 Å². The molecule has 0 saturated heterocycles. The molecule has 0 bridgehead atoms. The highest BCUT2D eigenvalue weighted by molar-refractivity contribution is 6.35. The van der Waals surface area contributed by atoms with E-state index in [1.807, 2.05) is 0 Å². The van der Waals surface area contributed by atoms with Gasteiger partial charge in [-0.25, -0.2) is 4.79 Å². The molecule has 25 heavy (non-hydrogen) atoms. The van der Waals surface area contributed by atoms with Crippen molar-refractivity contribution < 1.29 is 23.9 Å². The van der Waals surface area contributed by atoms with E-state index in [9.17, 15) is 14.9 Å². The maximum absolute atomic E-state index is 11.6. The Bertz CT molecular complexity index is 768. The van der Waals surface area contributed by atoms with Crippen molar-refractivity contribution in [2.24, 2.45) is 0 Å². The lowest BCUT2D eigenvalue weighted by Gasteiger charge is -2.09. The Hall–Kier alpha value is -2.51. The number of nitro benzene ring substituents is 1. The van der Waals surface area contributed by atoms with Gasteiger partial charge in [-0.3, -0.25) is 10.1 Å². The van der Waals surface area contributed by atoms with Gasteiger partial charge in [0.2, 0.25) is 0 Å². The third kappa shape index (κ3) is 5.81. The lowest BCUT2D eigenvalue weighted by molar-refractivity contribution is -0.385. The summed E-state index contributed by atoms with van der Waals surface area (Å²) in [7, 11) is 0. The lowest BCUT2D eigenvalue weighted by atomic mass is 10.3. The lowest BCUT2D eigenvalue weighted by Crippen LogP contribution is -2.18. The summed E-state index contributed by atoms with van der Waals surface area (Å²) >= 11 is 11.7. The van der Waals surface area contributed by atoms with E-state index < -0.39 is 10.9 Å². The summed E-state index contributed by atoms with van der Waals surface area (Å²) in [6, 6.07) is 10.5. The molecule has 0 fully saturated rings. The summed E-state index contributed by atoms with van der Waals surface area (Å²) in [6.07, 6.45) is 0. The van der Waals surface area contributed by atoms with Crippen LogP contribution in [0.25, 0.3) is 0 Å². The van der Waals surface area contributed by atoms with Gasteiger partial charge in [-0.05, 0) is 24.3 Å². The fraction of sp³-hybridized carbons (Fsp3) is 0.188. The summed E-state index contributed by atoms with van der Waals surface area (Å²) in [5, 5.41) is 11.6. The second-order valence-electron chi connectivity index (χ2n) is 4.66. The molecule has 0 amide bonds. The molecule has 132 valence electrons. The van der Waals surface area contributed by atoms with Crippen molar-refractivity contribution in [3.8, 4) is 11.5 Å². The summed E-state index contributed by atoms with van der Waals surface area (Å²) in [6.45, 7) is -0.451. The normalized spacial score (nSPS) is 10.2. The highest BCUT2D eigenvalue weighted by Gasteiger charge is 2.13. The van der Waals surface area contributed by atoms with Crippen LogP contribution in [0.15, 0.2) is 42.5 Å². The number of hydrogen-bond acceptors (Lipinski definition) is 6. The Morgan fingerprint density at radius 3 is 2.52 bits per heavy atom. The van der Waals surface area contributed by atoms with Crippen LogP contribution in [-0.2, 0) is 9.53 Å². The molecule has 2 aromatic rings. The number of carbonyl (C=O) groups excluding carboxylic acids is 1. The first-order valence-corrected chi connectivity index (χ1v) is 7.82. The van der Waals surface area contributed by atoms with E-state index in [2.05, 4.69) is 0 Å². The van der Waals surface area contributed by atoms with Gasteiger partial charge >= 0.3 is 11.7 Å². The topological polar surface area (TPSA) is 87.9 Å². The van der Waals surface area contributed by atoms with Gasteiger partial charge in [0.25, 0.3) is 0 Å². The van der Waals surface area contributed by atoms with E-state index in [1.165, 1.54) is 30.3 Å². The molecule has 0 unspecified atom stereocenters. The third-order valence-corrected chi connectivity index (χ3v) is 3.44. The second-order valence-corrected chi connectivity index (χ2v) is 5.50. The summed E-state index contributed by atoms with van der Waals surface area (Å²) in [5.74, 6) is -0.218. The van der Waals surface area contributed by atoms with Crippen LogP contribution in [0.5, 0.6) is 11.5 Å². The van der Waals surface area contributed by atoms with Crippen molar-refractivity contribution in [2.75, 3.05) is 19.8 Å². The van der Waals surface area contributed by atoms with Crippen LogP contribution in [0.2, 0.25) is 10.0 Å². The minimum absolute atomic E-state index is 0.0295. The number of halogens is 2. The molecular formula is C16H13Cl2NO6. The van der Waals surface area contributed by atoms with Crippen molar-refractivity contribution in [3.05, 3.63) is 62.6 Å². The van der Waals surface area contributed by atoms with Crippen molar-refractivity contribution in [2.45, 2.75) is 0 Å². The molecule has 0 aliphatic rings. The highest BCUT2D eigenvalue weighted by atomic mass is 35.5. The van der Waals surface area contributed by atoms with Crippen LogP contribution in [0.1, 0.15) is 0 Å². The third-order valence-electron chi connectivity index (χ3n) is 2.91. The number of rotatable bonds is 8. The predicted octanol–water partition coefficient (Wildman–Crippen LogP) is 3.90. The second kappa shape index (κ2) is 9.10. The fourth-order valence-electron chi connectivity index (χ4n) is 1.81. The molecule has 0 saturated carbocycles. The van der Waals surface area contributed by atoms with Gasteiger partial charge in [0.05, 0.1) is 9.95 Å². The number of benzene rings is 2. The molecule has 2 aromatic carbocycles. The van der Waals surface area contributed by atoms with Crippen LogP contribution in [0.3, 0.4) is 0 Å². The minimum Gasteiger partial charge on any atom is -0.483 e. The van der Waals surface area contributed by atoms with Gasteiger partial charge in [0.15, 0.2) is 12.4 Å². The Kier molecular flexibility index (Phi) is 6.85. The molecule has 0 aromatic heterocycles. The number of carbonyl (C=O) groups is 1. The summed E-state index contributed by atoms with van der Waals surface area (Å²) < 4.78 is 15.4. The van der Waals surface area contributed by atoms with Crippen molar-refractivity contribution in [3.63, 3.8) is 0 Å². The molecule has 0 aliphatic carbocycles. The monoisotopic (exact) mass is 385 g/mol. The number of nitro groups is 1. The van der Waals surface area contributed by atoms with Crippen molar-refractivity contribution >= 4 is 34.9 Å². The average Bonchev–Trinajstić information content (AvgIpc) is 2.58. The molecular weight excluding hydrogens is 373 g/mol. The molecule has 0 spiro atoms. The Morgan fingerprint density at radius 1 is 1.04 bits per heavy atom.